The van der Waals surface area contributed by atoms with E-state index in [1.807, 2.05) is 0 Å². The minimum Gasteiger partial charge on any atom is -0.456 e. The molecule has 1 radical (unpaired) electrons. The number of unbranched alkanes of at least 4 members (excludes halogenated alkanes) is 4. The third-order valence-corrected chi connectivity index (χ3v) is 8.58. The Morgan fingerprint density at radius 2 is 1.40 bits per heavy atom. The molecule has 15 heavy (non-hydrogen) atoms. The van der Waals surface area contributed by atoms with Crippen LogP contribution in [0.1, 0.15) is 32.1 Å². The lowest BCUT2D eigenvalue weighted by Crippen LogP contribution is -2.42. The molecule has 0 aromatic rings. The molecule has 0 aliphatic rings. The van der Waals surface area contributed by atoms with Crippen LogP contribution in [0.4, 0.5) is 0 Å². The predicted octanol–water partition coefficient (Wildman–Crippen LogP) is 4.83. The summed E-state index contributed by atoms with van der Waals surface area (Å²) in [7, 11) is -2.67. The van der Waals surface area contributed by atoms with E-state index in [4.69, 9.17) is 4.12 Å². The fraction of sp³-hybridized carbons (Fsp3) is 0.917. The molecule has 0 amide bonds. The average molecular weight is 246 g/mol. The second-order valence-electron chi connectivity index (χ2n) is 5.99. The van der Waals surface area contributed by atoms with Gasteiger partial charge in [0, 0.05) is 0 Å². The summed E-state index contributed by atoms with van der Waals surface area (Å²) < 4.78 is 6.30. The Hall–Kier alpha value is 0.394. The minimum atomic E-state index is -1.35. The van der Waals surface area contributed by atoms with E-state index in [1.54, 1.807) is 0 Å². The van der Waals surface area contributed by atoms with Crippen molar-refractivity contribution in [3.8, 4) is 0 Å². The van der Waals surface area contributed by atoms with E-state index in [9.17, 15) is 0 Å². The number of hydrogen-bond acceptors (Lipinski definition) is 1. The van der Waals surface area contributed by atoms with Crippen molar-refractivity contribution in [3.63, 3.8) is 0 Å². The highest BCUT2D eigenvalue weighted by molar-refractivity contribution is 6.84. The number of hydrogen-bond donors (Lipinski definition) is 0. The maximum absolute atomic E-state index is 6.30. The van der Waals surface area contributed by atoms with Crippen LogP contribution in [-0.4, -0.2) is 16.6 Å². The number of rotatable bonds is 8. The van der Waals surface area contributed by atoms with Gasteiger partial charge in [-0.3, -0.25) is 0 Å². The lowest BCUT2D eigenvalue weighted by molar-refractivity contribution is 0.538. The van der Waals surface area contributed by atoms with Crippen LogP contribution in [0.15, 0.2) is 0 Å². The second-order valence-corrected chi connectivity index (χ2v) is 15.1. The Kier molecular flexibility index (Phi) is 7.05. The predicted molar refractivity (Wildman–Crippen MR) is 75.2 cm³/mol. The molecule has 0 aromatic heterocycles. The first-order chi connectivity index (χ1) is 6.77. The third-order valence-electron chi connectivity index (χ3n) is 2.36. The fourth-order valence-corrected chi connectivity index (χ4v) is 10.1. The molecule has 0 atom stereocenters. The molecule has 0 aliphatic heterocycles. The van der Waals surface area contributed by atoms with Crippen molar-refractivity contribution in [2.24, 2.45) is 0 Å². The minimum absolute atomic E-state index is 1.09. The van der Waals surface area contributed by atoms with Crippen LogP contribution in [-0.2, 0) is 4.12 Å². The molecule has 0 aromatic carbocycles. The SMILES string of the molecule is [CH2]CCCCCC[Si](C)(C)O[Si](C)(C)C. The normalized spacial score (nSPS) is 13.2. The zero-order valence-electron chi connectivity index (χ0n) is 11.4. The second kappa shape index (κ2) is 6.87. The Labute approximate surface area is 98.9 Å². The van der Waals surface area contributed by atoms with Crippen molar-refractivity contribution in [1.29, 1.82) is 0 Å². The van der Waals surface area contributed by atoms with E-state index in [1.165, 1.54) is 31.7 Å². The molecule has 0 aliphatic carbocycles. The van der Waals surface area contributed by atoms with Crippen molar-refractivity contribution in [2.45, 2.75) is 70.9 Å². The van der Waals surface area contributed by atoms with Crippen LogP contribution in [0.2, 0.25) is 38.8 Å². The Morgan fingerprint density at radius 1 is 0.867 bits per heavy atom. The van der Waals surface area contributed by atoms with Crippen LogP contribution < -0.4 is 0 Å². The summed E-state index contributed by atoms with van der Waals surface area (Å²) in [5.41, 5.74) is 0. The Bertz CT molecular complexity index is 161. The molecule has 0 spiro atoms. The van der Waals surface area contributed by atoms with Gasteiger partial charge in [0.15, 0.2) is 16.6 Å². The quantitative estimate of drug-likeness (QED) is 0.440. The van der Waals surface area contributed by atoms with E-state index in [2.05, 4.69) is 39.7 Å². The monoisotopic (exact) mass is 245 g/mol. The van der Waals surface area contributed by atoms with Gasteiger partial charge in [0.05, 0.1) is 0 Å². The van der Waals surface area contributed by atoms with Gasteiger partial charge in [-0.15, -0.1) is 0 Å². The summed E-state index contributed by atoms with van der Waals surface area (Å²) in [5, 5.41) is 0. The van der Waals surface area contributed by atoms with Crippen LogP contribution >= 0.6 is 0 Å². The zero-order chi connectivity index (χ0) is 11.9. The molecule has 0 saturated carbocycles. The van der Waals surface area contributed by atoms with E-state index in [0.717, 1.165) is 6.42 Å². The van der Waals surface area contributed by atoms with Gasteiger partial charge >= 0.3 is 0 Å². The smallest absolute Gasteiger partial charge is 0.173 e. The van der Waals surface area contributed by atoms with Crippen molar-refractivity contribution >= 4 is 16.6 Å². The van der Waals surface area contributed by atoms with E-state index in [0.29, 0.717) is 0 Å². The maximum Gasteiger partial charge on any atom is 0.173 e. The summed E-state index contributed by atoms with van der Waals surface area (Å²) in [5.74, 6) is 0. The zero-order valence-corrected chi connectivity index (χ0v) is 13.4. The molecule has 0 unspecified atom stereocenters. The lowest BCUT2D eigenvalue weighted by Gasteiger charge is -2.31. The van der Waals surface area contributed by atoms with Gasteiger partial charge in [-0.05, 0) is 38.8 Å². The van der Waals surface area contributed by atoms with E-state index < -0.39 is 16.6 Å². The van der Waals surface area contributed by atoms with Gasteiger partial charge in [0.25, 0.3) is 0 Å². The first-order valence-corrected chi connectivity index (χ1v) is 12.8. The van der Waals surface area contributed by atoms with Gasteiger partial charge in [-0.1, -0.05) is 39.0 Å². The van der Waals surface area contributed by atoms with Gasteiger partial charge in [0.1, 0.15) is 0 Å². The van der Waals surface area contributed by atoms with Gasteiger partial charge < -0.3 is 4.12 Å². The maximum atomic E-state index is 6.30. The largest absolute Gasteiger partial charge is 0.456 e. The summed E-state index contributed by atoms with van der Waals surface area (Å²) in [4.78, 5) is 0. The summed E-state index contributed by atoms with van der Waals surface area (Å²) in [6.45, 7) is 15.5. The molecule has 1 nitrogen and oxygen atoms in total. The van der Waals surface area contributed by atoms with Crippen molar-refractivity contribution in [1.82, 2.24) is 0 Å². The highest BCUT2D eigenvalue weighted by atomic mass is 28.4. The lowest BCUT2D eigenvalue weighted by atomic mass is 10.2. The van der Waals surface area contributed by atoms with Crippen molar-refractivity contribution in [2.75, 3.05) is 0 Å². The van der Waals surface area contributed by atoms with Crippen LogP contribution in [0.25, 0.3) is 0 Å². The van der Waals surface area contributed by atoms with E-state index >= 15 is 0 Å². The molecule has 0 heterocycles. The molecule has 91 valence electrons. The molecule has 0 saturated heterocycles. The van der Waals surface area contributed by atoms with Crippen LogP contribution in [0.5, 0.6) is 0 Å². The van der Waals surface area contributed by atoms with Gasteiger partial charge in [-0.25, -0.2) is 0 Å². The summed E-state index contributed by atoms with van der Waals surface area (Å²) in [6.07, 6.45) is 6.44. The summed E-state index contributed by atoms with van der Waals surface area (Å²) in [6, 6.07) is 1.33. The molecule has 0 fully saturated rings. The first-order valence-electron chi connectivity index (χ1n) is 6.26. The Balaban J connectivity index is 3.65. The molecular formula is C12H29OSi2. The van der Waals surface area contributed by atoms with Crippen LogP contribution in [0, 0.1) is 6.92 Å². The van der Waals surface area contributed by atoms with E-state index in [-0.39, 0.29) is 0 Å². The fourth-order valence-electron chi connectivity index (χ4n) is 1.96. The van der Waals surface area contributed by atoms with Gasteiger partial charge in [0.2, 0.25) is 0 Å². The Morgan fingerprint density at radius 3 is 1.87 bits per heavy atom. The highest BCUT2D eigenvalue weighted by Crippen LogP contribution is 2.21. The highest BCUT2D eigenvalue weighted by Gasteiger charge is 2.28. The van der Waals surface area contributed by atoms with Crippen LogP contribution in [0.3, 0.4) is 0 Å². The van der Waals surface area contributed by atoms with Crippen molar-refractivity contribution in [3.05, 3.63) is 6.92 Å². The first kappa shape index (κ1) is 15.4. The molecular weight excluding hydrogens is 216 g/mol. The summed E-state index contributed by atoms with van der Waals surface area (Å²) >= 11 is 0. The third kappa shape index (κ3) is 10.7. The molecule has 3 heteroatoms. The average Bonchev–Trinajstić information content (AvgIpc) is 1.99. The topological polar surface area (TPSA) is 9.23 Å². The molecule has 0 N–H and O–H groups in total. The van der Waals surface area contributed by atoms with Gasteiger partial charge in [-0.2, -0.15) is 0 Å². The van der Waals surface area contributed by atoms with Crippen molar-refractivity contribution < 1.29 is 4.12 Å². The standard InChI is InChI=1S/C12H29OSi2/c1-7-8-9-10-11-12-15(5,6)13-14(2,3)4/h1,7-12H2,2-6H3. The molecule has 0 bridgehead atoms. The molecule has 0 rings (SSSR count).